The summed E-state index contributed by atoms with van der Waals surface area (Å²) in [5, 5.41) is 3.11. The van der Waals surface area contributed by atoms with E-state index in [1.165, 1.54) is 38.4 Å². The van der Waals surface area contributed by atoms with Crippen molar-refractivity contribution in [1.82, 2.24) is 15.3 Å². The number of oxazole rings is 1. The van der Waals surface area contributed by atoms with Gasteiger partial charge in [0.1, 0.15) is 17.2 Å². The van der Waals surface area contributed by atoms with E-state index >= 15 is 0 Å². The SMILES string of the molecule is CC=C(C=C(C=CCCC)c1nc2ncccc2o1)c1cc2c(C(=O)NC)c(-c3ccc(F)cc3)oc2cc1N(C)S(C)(=O)=O. The zero-order valence-electron chi connectivity index (χ0n) is 25.6. The van der Waals surface area contributed by atoms with Crippen molar-refractivity contribution in [3.05, 3.63) is 102 Å². The number of hydrogen-bond donors (Lipinski definition) is 1. The van der Waals surface area contributed by atoms with E-state index in [2.05, 4.69) is 22.2 Å². The zero-order valence-corrected chi connectivity index (χ0v) is 26.4. The smallest absolute Gasteiger partial charge is 0.255 e. The van der Waals surface area contributed by atoms with Crippen molar-refractivity contribution in [1.29, 1.82) is 0 Å². The van der Waals surface area contributed by atoms with Gasteiger partial charge in [0, 0.05) is 48.4 Å². The highest BCUT2D eigenvalue weighted by Gasteiger charge is 2.26. The first-order chi connectivity index (χ1) is 21.5. The minimum absolute atomic E-state index is 0.231. The molecule has 0 saturated carbocycles. The van der Waals surface area contributed by atoms with Crippen LogP contribution in [-0.4, -0.2) is 44.6 Å². The van der Waals surface area contributed by atoms with Gasteiger partial charge in [0.2, 0.25) is 15.9 Å². The molecule has 45 heavy (non-hydrogen) atoms. The number of nitrogens with one attached hydrogen (secondary N) is 1. The molecule has 232 valence electrons. The van der Waals surface area contributed by atoms with Gasteiger partial charge in [-0.2, -0.15) is 4.98 Å². The van der Waals surface area contributed by atoms with Crippen LogP contribution in [0.1, 0.15) is 48.5 Å². The Kier molecular flexibility index (Phi) is 9.01. The number of rotatable bonds is 10. The third kappa shape index (κ3) is 6.44. The number of fused-ring (bicyclic) bond motifs is 2. The van der Waals surface area contributed by atoms with Gasteiger partial charge in [-0.1, -0.05) is 31.6 Å². The van der Waals surface area contributed by atoms with Gasteiger partial charge in [-0.15, -0.1) is 0 Å². The molecule has 0 fully saturated rings. The largest absolute Gasteiger partial charge is 0.455 e. The fourth-order valence-corrected chi connectivity index (χ4v) is 5.40. The van der Waals surface area contributed by atoms with E-state index in [-0.39, 0.29) is 16.9 Å². The average molecular weight is 629 g/mol. The third-order valence-corrected chi connectivity index (χ3v) is 8.49. The van der Waals surface area contributed by atoms with Gasteiger partial charge in [0.25, 0.3) is 5.91 Å². The zero-order chi connectivity index (χ0) is 32.3. The van der Waals surface area contributed by atoms with Gasteiger partial charge in [-0.05, 0) is 67.5 Å². The number of carbonyl (C=O) groups excluding carboxylic acids is 1. The predicted molar refractivity (Wildman–Crippen MR) is 176 cm³/mol. The van der Waals surface area contributed by atoms with Crippen molar-refractivity contribution in [2.75, 3.05) is 24.7 Å². The minimum atomic E-state index is -3.72. The first-order valence-corrected chi connectivity index (χ1v) is 16.2. The lowest BCUT2D eigenvalue weighted by Gasteiger charge is -2.21. The standard InChI is InChI=1S/C34H33FN4O5S/c1-6-8-9-11-23(34-38-32-28(44-34)12-10-17-37-32)18-21(7-2)25-19-26-29(20-27(25)39(4)45(5,41)42)43-31(30(26)33(40)36-3)22-13-15-24(35)16-14-22/h7,9-20H,6,8H2,1-5H3,(H,36,40). The molecule has 1 N–H and O–H groups in total. The van der Waals surface area contributed by atoms with Gasteiger partial charge < -0.3 is 14.2 Å². The predicted octanol–water partition coefficient (Wildman–Crippen LogP) is 7.37. The maximum absolute atomic E-state index is 13.7. The molecule has 0 radical (unpaired) electrons. The van der Waals surface area contributed by atoms with Crippen LogP contribution >= 0.6 is 0 Å². The number of furan rings is 1. The van der Waals surface area contributed by atoms with Gasteiger partial charge in [0.15, 0.2) is 11.2 Å². The monoisotopic (exact) mass is 628 g/mol. The number of allylic oxidation sites excluding steroid dienone is 6. The maximum Gasteiger partial charge on any atom is 0.255 e. The third-order valence-electron chi connectivity index (χ3n) is 7.30. The van der Waals surface area contributed by atoms with Crippen molar-refractivity contribution >= 4 is 55.0 Å². The number of sulfonamides is 1. The molecule has 3 heterocycles. The molecular weight excluding hydrogens is 595 g/mol. The summed E-state index contributed by atoms with van der Waals surface area (Å²) < 4.78 is 52.8. The minimum Gasteiger partial charge on any atom is -0.455 e. The Labute approximate surface area is 260 Å². The van der Waals surface area contributed by atoms with E-state index in [9.17, 15) is 17.6 Å². The van der Waals surface area contributed by atoms with E-state index in [0.717, 1.165) is 23.4 Å². The summed E-state index contributed by atoms with van der Waals surface area (Å²) in [6, 6.07) is 12.5. The molecule has 0 bridgehead atoms. The Morgan fingerprint density at radius 3 is 2.49 bits per heavy atom. The average Bonchev–Trinajstić information content (AvgIpc) is 3.63. The van der Waals surface area contributed by atoms with E-state index in [4.69, 9.17) is 8.83 Å². The van der Waals surface area contributed by atoms with Crippen LogP contribution in [0.5, 0.6) is 0 Å². The first-order valence-electron chi connectivity index (χ1n) is 14.3. The second kappa shape index (κ2) is 12.9. The molecule has 5 rings (SSSR count). The van der Waals surface area contributed by atoms with Crippen molar-refractivity contribution in [2.45, 2.75) is 26.7 Å². The number of aromatic nitrogens is 2. The highest BCUT2D eigenvalue weighted by atomic mass is 32.2. The normalized spacial score (nSPS) is 12.8. The number of unbranched alkanes of at least 4 members (excludes halogenated alkanes) is 1. The van der Waals surface area contributed by atoms with Crippen LogP contribution in [0.2, 0.25) is 0 Å². The van der Waals surface area contributed by atoms with Crippen molar-refractivity contribution < 1.29 is 26.4 Å². The number of amides is 1. The number of benzene rings is 2. The van der Waals surface area contributed by atoms with Crippen LogP contribution in [0.15, 0.2) is 87.9 Å². The molecule has 3 aromatic heterocycles. The summed E-state index contributed by atoms with van der Waals surface area (Å²) in [4.78, 5) is 22.1. The van der Waals surface area contributed by atoms with Crippen LogP contribution in [-0.2, 0) is 10.0 Å². The van der Waals surface area contributed by atoms with E-state index in [0.29, 0.717) is 50.5 Å². The second-order valence-corrected chi connectivity index (χ2v) is 12.4. The topological polar surface area (TPSA) is 119 Å². The molecule has 0 aliphatic heterocycles. The Morgan fingerprint density at radius 2 is 1.84 bits per heavy atom. The Bertz CT molecular complexity index is 2060. The van der Waals surface area contributed by atoms with Crippen LogP contribution in [0.25, 0.3) is 44.7 Å². The van der Waals surface area contributed by atoms with E-state index in [1.54, 1.807) is 30.5 Å². The summed E-state index contributed by atoms with van der Waals surface area (Å²) in [5.74, 6) is -0.265. The molecule has 0 unspecified atom stereocenters. The Hall–Kier alpha value is -5.03. The summed E-state index contributed by atoms with van der Waals surface area (Å²) in [6.07, 6.45) is 12.1. The highest BCUT2D eigenvalue weighted by molar-refractivity contribution is 7.92. The lowest BCUT2D eigenvalue weighted by molar-refractivity contribution is 0.0964. The summed E-state index contributed by atoms with van der Waals surface area (Å²) in [6.45, 7) is 3.91. The second-order valence-electron chi connectivity index (χ2n) is 10.4. The molecule has 2 aromatic carbocycles. The molecule has 0 atom stereocenters. The van der Waals surface area contributed by atoms with Gasteiger partial charge in [-0.25, -0.2) is 17.8 Å². The highest BCUT2D eigenvalue weighted by Crippen LogP contribution is 2.40. The molecule has 5 aromatic rings. The molecule has 9 nitrogen and oxygen atoms in total. The number of pyridine rings is 1. The Morgan fingerprint density at radius 1 is 1.09 bits per heavy atom. The number of halogens is 1. The molecule has 0 aliphatic carbocycles. The van der Waals surface area contributed by atoms with Gasteiger partial charge in [-0.3, -0.25) is 9.10 Å². The molecular formula is C34H33FN4O5S. The van der Waals surface area contributed by atoms with E-state index in [1.807, 2.05) is 31.2 Å². The Balaban J connectivity index is 1.79. The fraction of sp³-hybridized carbons (Fsp3) is 0.206. The summed E-state index contributed by atoms with van der Waals surface area (Å²) in [5.41, 5.74) is 4.14. The number of anilines is 1. The number of hydrogen-bond acceptors (Lipinski definition) is 7. The van der Waals surface area contributed by atoms with Crippen molar-refractivity contribution in [3.63, 3.8) is 0 Å². The molecule has 0 saturated heterocycles. The van der Waals surface area contributed by atoms with Crippen molar-refractivity contribution in [3.8, 4) is 11.3 Å². The quantitative estimate of drug-likeness (QED) is 0.160. The summed E-state index contributed by atoms with van der Waals surface area (Å²) >= 11 is 0. The number of carbonyl (C=O) groups is 1. The summed E-state index contributed by atoms with van der Waals surface area (Å²) in [7, 11) is -0.756. The van der Waals surface area contributed by atoms with Gasteiger partial charge in [0.05, 0.1) is 17.5 Å². The lowest BCUT2D eigenvalue weighted by atomic mass is 9.96. The first kappa shape index (κ1) is 31.4. The molecule has 1 amide bonds. The number of nitrogens with zero attached hydrogens (tertiary/aromatic N) is 3. The van der Waals surface area contributed by atoms with Crippen LogP contribution in [0, 0.1) is 5.82 Å². The molecule has 11 heteroatoms. The van der Waals surface area contributed by atoms with Crippen LogP contribution in [0.4, 0.5) is 10.1 Å². The van der Waals surface area contributed by atoms with Crippen molar-refractivity contribution in [2.24, 2.45) is 0 Å². The maximum atomic E-state index is 13.7. The lowest BCUT2D eigenvalue weighted by Crippen LogP contribution is -2.25. The van der Waals surface area contributed by atoms with Gasteiger partial charge >= 0.3 is 0 Å². The van der Waals surface area contributed by atoms with Crippen LogP contribution in [0.3, 0.4) is 0 Å². The fourth-order valence-electron chi connectivity index (χ4n) is 4.89. The molecule has 0 spiro atoms. The van der Waals surface area contributed by atoms with Crippen LogP contribution < -0.4 is 9.62 Å². The van der Waals surface area contributed by atoms with E-state index < -0.39 is 21.7 Å². The molecule has 0 aliphatic rings.